The SMILES string of the molecule is COc1ccc(OCc2cc(C)cc(C3C(C#N)=C(N)N(c4cc([N+](=O)[O-])ccc4C)C4=C3C(=O)CC(C)(C)C4)c2C)cc1. The number of non-ortho nitro benzene ring substituents is 1. The van der Waals surface area contributed by atoms with Gasteiger partial charge in [-0.25, -0.2) is 0 Å². The molecule has 44 heavy (non-hydrogen) atoms. The minimum Gasteiger partial charge on any atom is -0.497 e. The number of nitriles is 1. The highest BCUT2D eigenvalue weighted by Gasteiger charge is 2.45. The van der Waals surface area contributed by atoms with Gasteiger partial charge in [-0.2, -0.15) is 5.26 Å². The number of nitro benzene ring substituents is 1. The largest absolute Gasteiger partial charge is 0.497 e. The van der Waals surface area contributed by atoms with Crippen LogP contribution in [0.15, 0.2) is 77.3 Å². The molecule has 5 rings (SSSR count). The second-order valence-corrected chi connectivity index (χ2v) is 12.3. The number of allylic oxidation sites excluding steroid dienone is 3. The number of ketones is 1. The summed E-state index contributed by atoms with van der Waals surface area (Å²) in [5, 5.41) is 22.3. The van der Waals surface area contributed by atoms with Crippen molar-refractivity contribution in [1.82, 2.24) is 0 Å². The fourth-order valence-corrected chi connectivity index (χ4v) is 6.29. The summed E-state index contributed by atoms with van der Waals surface area (Å²) >= 11 is 0. The first-order valence-corrected chi connectivity index (χ1v) is 14.4. The molecule has 1 aliphatic heterocycles. The lowest BCUT2D eigenvalue weighted by atomic mass is 9.67. The first kappa shape index (κ1) is 30.4. The summed E-state index contributed by atoms with van der Waals surface area (Å²) in [6.07, 6.45) is 0.811. The van der Waals surface area contributed by atoms with E-state index >= 15 is 0 Å². The Morgan fingerprint density at radius 3 is 2.39 bits per heavy atom. The summed E-state index contributed by atoms with van der Waals surface area (Å²) in [5.74, 6) is 0.837. The molecule has 3 aromatic carbocycles. The molecule has 9 heteroatoms. The maximum Gasteiger partial charge on any atom is 0.271 e. The Bertz CT molecular complexity index is 1780. The number of hydrogen-bond donors (Lipinski definition) is 1. The van der Waals surface area contributed by atoms with Crippen LogP contribution in [0.25, 0.3) is 0 Å². The fourth-order valence-electron chi connectivity index (χ4n) is 6.29. The van der Waals surface area contributed by atoms with Gasteiger partial charge < -0.3 is 15.2 Å². The molecule has 0 radical (unpaired) electrons. The van der Waals surface area contributed by atoms with E-state index in [4.69, 9.17) is 15.2 Å². The highest BCUT2D eigenvalue weighted by atomic mass is 16.6. The number of aryl methyl sites for hydroxylation is 2. The van der Waals surface area contributed by atoms with Crippen LogP contribution in [0, 0.1) is 47.6 Å². The van der Waals surface area contributed by atoms with Crippen molar-refractivity contribution in [1.29, 1.82) is 5.26 Å². The van der Waals surface area contributed by atoms with Gasteiger partial charge in [0.2, 0.25) is 0 Å². The van der Waals surface area contributed by atoms with E-state index in [-0.39, 0.29) is 34.9 Å². The highest BCUT2D eigenvalue weighted by Crippen LogP contribution is 2.51. The van der Waals surface area contributed by atoms with Gasteiger partial charge in [0.15, 0.2) is 5.78 Å². The second kappa shape index (κ2) is 11.5. The number of anilines is 1. The van der Waals surface area contributed by atoms with E-state index in [1.54, 1.807) is 18.1 Å². The molecule has 2 aliphatic rings. The molecule has 0 saturated carbocycles. The van der Waals surface area contributed by atoms with E-state index in [1.165, 1.54) is 12.1 Å². The summed E-state index contributed by atoms with van der Waals surface area (Å²) in [5.41, 5.74) is 12.6. The zero-order chi connectivity index (χ0) is 31.9. The number of methoxy groups -OCH3 is 1. The maximum atomic E-state index is 14.1. The van der Waals surface area contributed by atoms with Crippen LogP contribution in [0.3, 0.4) is 0 Å². The Kier molecular flexibility index (Phi) is 7.96. The molecule has 0 fully saturated rings. The normalized spacial score (nSPS) is 17.7. The number of carbonyl (C=O) groups excluding carboxylic acids is 1. The van der Waals surface area contributed by atoms with Crippen molar-refractivity contribution in [3.8, 4) is 17.6 Å². The predicted octanol–water partition coefficient (Wildman–Crippen LogP) is 7.05. The van der Waals surface area contributed by atoms with Crippen LogP contribution in [0.4, 0.5) is 11.4 Å². The zero-order valence-electron chi connectivity index (χ0n) is 25.9. The molecule has 2 N–H and O–H groups in total. The summed E-state index contributed by atoms with van der Waals surface area (Å²) in [4.78, 5) is 27.0. The Morgan fingerprint density at radius 1 is 1.07 bits per heavy atom. The third kappa shape index (κ3) is 5.51. The number of carbonyl (C=O) groups is 1. The van der Waals surface area contributed by atoms with E-state index in [2.05, 4.69) is 6.07 Å². The molecule has 0 amide bonds. The summed E-state index contributed by atoms with van der Waals surface area (Å²) in [6, 6.07) is 18.3. The minimum absolute atomic E-state index is 0.0634. The fraction of sp³-hybridized carbons (Fsp3) is 0.314. The second-order valence-electron chi connectivity index (χ2n) is 12.3. The number of Topliss-reactive ketones (excluding diaryl/α,β-unsaturated/α-hetero) is 1. The molecule has 1 unspecified atom stereocenters. The molecule has 0 aromatic heterocycles. The molecular formula is C35H36N4O5. The molecule has 226 valence electrons. The summed E-state index contributed by atoms with van der Waals surface area (Å²) in [7, 11) is 1.61. The molecule has 1 aliphatic carbocycles. The van der Waals surface area contributed by atoms with Crippen molar-refractivity contribution in [2.45, 2.75) is 60.0 Å². The topological polar surface area (TPSA) is 132 Å². The van der Waals surface area contributed by atoms with Crippen LogP contribution >= 0.6 is 0 Å². The van der Waals surface area contributed by atoms with Crippen LogP contribution in [0.5, 0.6) is 11.5 Å². The summed E-state index contributed by atoms with van der Waals surface area (Å²) in [6.45, 7) is 10.1. The van der Waals surface area contributed by atoms with Crippen molar-refractivity contribution < 1.29 is 19.2 Å². The van der Waals surface area contributed by atoms with Gasteiger partial charge in [0.1, 0.15) is 23.9 Å². The third-order valence-corrected chi connectivity index (χ3v) is 8.49. The predicted molar refractivity (Wildman–Crippen MR) is 168 cm³/mol. The molecule has 0 spiro atoms. The van der Waals surface area contributed by atoms with Crippen LogP contribution in [-0.4, -0.2) is 17.8 Å². The molecule has 0 saturated heterocycles. The van der Waals surface area contributed by atoms with E-state index in [9.17, 15) is 20.2 Å². The van der Waals surface area contributed by atoms with Crippen molar-refractivity contribution in [2.75, 3.05) is 12.0 Å². The average molecular weight is 593 g/mol. The van der Waals surface area contributed by atoms with Crippen molar-refractivity contribution in [3.05, 3.63) is 115 Å². The van der Waals surface area contributed by atoms with E-state index in [0.29, 0.717) is 35.5 Å². The monoisotopic (exact) mass is 592 g/mol. The third-order valence-electron chi connectivity index (χ3n) is 8.49. The van der Waals surface area contributed by atoms with Crippen molar-refractivity contribution in [3.63, 3.8) is 0 Å². The van der Waals surface area contributed by atoms with Crippen LogP contribution in [0.2, 0.25) is 0 Å². The Hall–Kier alpha value is -5.10. The smallest absolute Gasteiger partial charge is 0.271 e. The Morgan fingerprint density at radius 2 is 1.75 bits per heavy atom. The van der Waals surface area contributed by atoms with Gasteiger partial charge in [-0.15, -0.1) is 0 Å². The Labute approximate surface area is 257 Å². The lowest BCUT2D eigenvalue weighted by Gasteiger charge is -2.44. The van der Waals surface area contributed by atoms with E-state index in [0.717, 1.165) is 33.6 Å². The molecule has 0 bridgehead atoms. The number of benzene rings is 3. The van der Waals surface area contributed by atoms with Crippen LogP contribution < -0.4 is 20.1 Å². The number of rotatable bonds is 7. The quantitative estimate of drug-likeness (QED) is 0.228. The lowest BCUT2D eigenvalue weighted by molar-refractivity contribution is -0.384. The average Bonchev–Trinajstić information content (AvgIpc) is 2.97. The molecule has 9 nitrogen and oxygen atoms in total. The van der Waals surface area contributed by atoms with E-state index < -0.39 is 10.8 Å². The van der Waals surface area contributed by atoms with Crippen LogP contribution in [0.1, 0.15) is 60.4 Å². The molecule has 1 heterocycles. The van der Waals surface area contributed by atoms with Gasteiger partial charge >= 0.3 is 0 Å². The molecule has 1 atom stereocenters. The lowest BCUT2D eigenvalue weighted by Crippen LogP contribution is -2.42. The van der Waals surface area contributed by atoms with Gasteiger partial charge in [0.25, 0.3) is 5.69 Å². The highest BCUT2D eigenvalue weighted by molar-refractivity contribution is 6.02. The first-order chi connectivity index (χ1) is 20.8. The number of nitrogens with zero attached hydrogens (tertiary/aromatic N) is 3. The van der Waals surface area contributed by atoms with Crippen molar-refractivity contribution in [2.24, 2.45) is 11.1 Å². The number of nitro groups is 1. The van der Waals surface area contributed by atoms with Gasteiger partial charge in [0, 0.05) is 29.8 Å². The minimum atomic E-state index is -0.687. The van der Waals surface area contributed by atoms with Crippen molar-refractivity contribution >= 4 is 17.2 Å². The number of nitrogens with two attached hydrogens (primary N) is 1. The molecule has 3 aromatic rings. The standard InChI is InChI=1S/C35H36N4O5/c1-20-13-23(19-44-26-11-9-25(43-6)10-12-26)22(3)27(14-20)32-28(18-36)34(37)38(29-15-24(39(41)42)8-7-21(29)2)30-16-35(4,5)17-31(40)33(30)32/h7-15,32H,16-17,19,37H2,1-6H3. The summed E-state index contributed by atoms with van der Waals surface area (Å²) < 4.78 is 11.4. The molecular weight excluding hydrogens is 556 g/mol. The van der Waals surface area contributed by atoms with Gasteiger partial charge in [-0.1, -0.05) is 37.6 Å². The van der Waals surface area contributed by atoms with Crippen LogP contribution in [-0.2, 0) is 11.4 Å². The number of ether oxygens (including phenoxy) is 2. The maximum absolute atomic E-state index is 14.1. The van der Waals surface area contributed by atoms with E-state index in [1.807, 2.05) is 71.0 Å². The first-order valence-electron chi connectivity index (χ1n) is 14.4. The van der Waals surface area contributed by atoms with Gasteiger partial charge in [-0.05, 0) is 79.1 Å². The van der Waals surface area contributed by atoms with Gasteiger partial charge in [0.05, 0.1) is 35.3 Å². The number of hydrogen-bond acceptors (Lipinski definition) is 8. The Balaban J connectivity index is 1.67. The van der Waals surface area contributed by atoms with Gasteiger partial charge in [-0.3, -0.25) is 19.8 Å². The zero-order valence-corrected chi connectivity index (χ0v) is 25.9.